The minimum atomic E-state index is -0.760. The lowest BCUT2D eigenvalue weighted by atomic mass is 9.89. The molecular formula is C19H16N2O6. The number of esters is 1. The van der Waals surface area contributed by atoms with Crippen LogP contribution in [0.1, 0.15) is 23.5 Å². The fraction of sp³-hybridized carbons (Fsp3) is 0.211. The molecule has 8 nitrogen and oxygen atoms in total. The van der Waals surface area contributed by atoms with Gasteiger partial charge in [0.2, 0.25) is 12.7 Å². The summed E-state index contributed by atoms with van der Waals surface area (Å²) in [7, 11) is 1.27. The van der Waals surface area contributed by atoms with Gasteiger partial charge in [-0.15, -0.1) is 0 Å². The predicted octanol–water partition coefficient (Wildman–Crippen LogP) is 1.82. The SMILES string of the molecule is COC(=O)C[C@H](c1ccc2c(c1)OCO2)c1c(O)nc2ccccn2c1=O. The number of benzene rings is 1. The van der Waals surface area contributed by atoms with E-state index in [1.807, 2.05) is 0 Å². The van der Waals surface area contributed by atoms with Crippen molar-refractivity contribution in [2.45, 2.75) is 12.3 Å². The van der Waals surface area contributed by atoms with Crippen molar-refractivity contribution < 1.29 is 24.1 Å². The second-order valence-electron chi connectivity index (χ2n) is 6.03. The van der Waals surface area contributed by atoms with Gasteiger partial charge in [0.15, 0.2) is 11.5 Å². The lowest BCUT2D eigenvalue weighted by molar-refractivity contribution is -0.140. The van der Waals surface area contributed by atoms with E-state index in [0.29, 0.717) is 22.7 Å². The van der Waals surface area contributed by atoms with Crippen molar-refractivity contribution >= 4 is 11.6 Å². The minimum absolute atomic E-state index is 0.0166. The molecule has 0 amide bonds. The molecule has 3 aromatic rings. The van der Waals surface area contributed by atoms with Gasteiger partial charge >= 0.3 is 5.97 Å². The standard InChI is InChI=1S/C19H16N2O6/c1-25-16(22)9-12(11-5-6-13-14(8-11)27-10-26-13)17-18(23)20-15-4-2-3-7-21(15)19(17)24/h2-8,12,23H,9-10H2,1H3/t12-/m1/s1. The normalized spacial score (nSPS) is 13.5. The zero-order chi connectivity index (χ0) is 19.0. The molecule has 1 aliphatic rings. The lowest BCUT2D eigenvalue weighted by Crippen LogP contribution is -2.24. The zero-order valence-electron chi connectivity index (χ0n) is 14.4. The number of rotatable bonds is 4. The summed E-state index contributed by atoms with van der Waals surface area (Å²) in [5, 5.41) is 10.5. The fourth-order valence-corrected chi connectivity index (χ4v) is 3.16. The van der Waals surface area contributed by atoms with Crippen LogP contribution in [-0.4, -0.2) is 34.4 Å². The van der Waals surface area contributed by atoms with Crippen molar-refractivity contribution in [1.82, 2.24) is 9.38 Å². The number of ether oxygens (including phenoxy) is 3. The molecular weight excluding hydrogens is 352 g/mol. The van der Waals surface area contributed by atoms with E-state index >= 15 is 0 Å². The highest BCUT2D eigenvalue weighted by atomic mass is 16.7. The molecule has 8 heteroatoms. The molecule has 2 aromatic heterocycles. The number of aromatic hydroxyl groups is 1. The van der Waals surface area contributed by atoms with Gasteiger partial charge in [0.05, 0.1) is 19.1 Å². The molecule has 0 unspecified atom stereocenters. The molecule has 3 heterocycles. The predicted molar refractivity (Wildman–Crippen MR) is 94.2 cm³/mol. The van der Waals surface area contributed by atoms with Crippen LogP contribution in [0.15, 0.2) is 47.4 Å². The Morgan fingerprint density at radius 1 is 1.30 bits per heavy atom. The Hall–Kier alpha value is -3.55. The van der Waals surface area contributed by atoms with Crippen LogP contribution >= 0.6 is 0 Å². The first-order valence-corrected chi connectivity index (χ1v) is 8.25. The molecule has 0 fully saturated rings. The van der Waals surface area contributed by atoms with Crippen LogP contribution in [-0.2, 0) is 9.53 Å². The molecule has 4 rings (SSSR count). The van der Waals surface area contributed by atoms with Gasteiger partial charge in [-0.3, -0.25) is 14.0 Å². The number of hydrogen-bond donors (Lipinski definition) is 1. The third-order valence-corrected chi connectivity index (χ3v) is 4.49. The van der Waals surface area contributed by atoms with Crippen molar-refractivity contribution in [2.24, 2.45) is 0 Å². The van der Waals surface area contributed by atoms with E-state index in [1.165, 1.54) is 11.5 Å². The molecule has 0 saturated carbocycles. The Morgan fingerprint density at radius 2 is 2.11 bits per heavy atom. The van der Waals surface area contributed by atoms with Crippen LogP contribution in [0.2, 0.25) is 0 Å². The second-order valence-corrected chi connectivity index (χ2v) is 6.03. The Kier molecular flexibility index (Phi) is 4.15. The van der Waals surface area contributed by atoms with Crippen LogP contribution in [0.25, 0.3) is 5.65 Å². The largest absolute Gasteiger partial charge is 0.493 e. The molecule has 0 aliphatic carbocycles. The topological polar surface area (TPSA) is 99.4 Å². The third kappa shape index (κ3) is 2.95. The summed E-state index contributed by atoms with van der Waals surface area (Å²) in [5.41, 5.74) is 0.480. The maximum absolute atomic E-state index is 13.0. The molecule has 0 radical (unpaired) electrons. The van der Waals surface area contributed by atoms with Crippen LogP contribution in [0.5, 0.6) is 17.4 Å². The number of aromatic nitrogens is 2. The van der Waals surface area contributed by atoms with Gasteiger partial charge in [-0.05, 0) is 29.8 Å². The highest BCUT2D eigenvalue weighted by Gasteiger charge is 2.28. The summed E-state index contributed by atoms with van der Waals surface area (Å²) in [6.45, 7) is 0.103. The summed E-state index contributed by atoms with van der Waals surface area (Å²) >= 11 is 0. The Morgan fingerprint density at radius 3 is 2.93 bits per heavy atom. The number of carbonyl (C=O) groups is 1. The number of carbonyl (C=O) groups excluding carboxylic acids is 1. The first kappa shape index (κ1) is 16.9. The summed E-state index contributed by atoms with van der Waals surface area (Å²) in [5.74, 6) is -0.611. The van der Waals surface area contributed by atoms with Crippen molar-refractivity contribution in [3.8, 4) is 17.4 Å². The molecule has 1 aromatic carbocycles. The second kappa shape index (κ2) is 6.64. The van der Waals surface area contributed by atoms with E-state index in [4.69, 9.17) is 14.2 Å². The number of pyridine rings is 1. The molecule has 0 bridgehead atoms. The maximum atomic E-state index is 13.0. The summed E-state index contributed by atoms with van der Waals surface area (Å²) in [4.78, 5) is 29.1. The molecule has 1 atom stereocenters. The van der Waals surface area contributed by atoms with E-state index < -0.39 is 23.3 Å². The quantitative estimate of drug-likeness (QED) is 0.701. The van der Waals surface area contributed by atoms with Gasteiger partial charge in [-0.1, -0.05) is 12.1 Å². The van der Waals surface area contributed by atoms with Crippen LogP contribution < -0.4 is 15.0 Å². The third-order valence-electron chi connectivity index (χ3n) is 4.49. The lowest BCUT2D eigenvalue weighted by Gasteiger charge is -2.18. The van der Waals surface area contributed by atoms with E-state index in [0.717, 1.165) is 0 Å². The first-order valence-electron chi connectivity index (χ1n) is 8.25. The van der Waals surface area contributed by atoms with Gasteiger partial charge in [0, 0.05) is 12.1 Å². The molecule has 0 saturated heterocycles. The van der Waals surface area contributed by atoms with Crippen molar-refractivity contribution in [1.29, 1.82) is 0 Å². The minimum Gasteiger partial charge on any atom is -0.493 e. The highest BCUT2D eigenvalue weighted by molar-refractivity contribution is 5.71. The van der Waals surface area contributed by atoms with Gasteiger partial charge in [-0.2, -0.15) is 4.98 Å². The average Bonchev–Trinajstić information content (AvgIpc) is 3.14. The van der Waals surface area contributed by atoms with Gasteiger partial charge in [0.25, 0.3) is 5.56 Å². The zero-order valence-corrected chi connectivity index (χ0v) is 14.4. The number of fused-ring (bicyclic) bond motifs is 2. The van der Waals surface area contributed by atoms with E-state index in [1.54, 1.807) is 42.6 Å². The monoisotopic (exact) mass is 368 g/mol. The van der Waals surface area contributed by atoms with E-state index in [9.17, 15) is 14.7 Å². The number of nitrogens with zero attached hydrogens (tertiary/aromatic N) is 2. The van der Waals surface area contributed by atoms with Crippen molar-refractivity contribution in [3.63, 3.8) is 0 Å². The van der Waals surface area contributed by atoms with Crippen LogP contribution in [0.3, 0.4) is 0 Å². The molecule has 1 N–H and O–H groups in total. The van der Waals surface area contributed by atoms with Crippen LogP contribution in [0.4, 0.5) is 0 Å². The Bertz CT molecular complexity index is 1090. The van der Waals surface area contributed by atoms with E-state index in [-0.39, 0.29) is 18.8 Å². The van der Waals surface area contributed by atoms with Crippen LogP contribution in [0, 0.1) is 0 Å². The average molecular weight is 368 g/mol. The van der Waals surface area contributed by atoms with Gasteiger partial charge in [-0.25, -0.2) is 0 Å². The van der Waals surface area contributed by atoms with Crippen molar-refractivity contribution in [3.05, 3.63) is 64.1 Å². The summed E-state index contributed by atoms with van der Waals surface area (Å²) in [6.07, 6.45) is 1.42. The molecule has 27 heavy (non-hydrogen) atoms. The van der Waals surface area contributed by atoms with Gasteiger partial charge in [0.1, 0.15) is 5.65 Å². The Balaban J connectivity index is 1.90. The smallest absolute Gasteiger partial charge is 0.306 e. The molecule has 0 spiro atoms. The Labute approximate surface area is 153 Å². The molecule has 1 aliphatic heterocycles. The summed E-state index contributed by atoms with van der Waals surface area (Å²) in [6, 6.07) is 10.1. The summed E-state index contributed by atoms with van der Waals surface area (Å²) < 4.78 is 16.8. The molecule has 138 valence electrons. The maximum Gasteiger partial charge on any atom is 0.306 e. The fourth-order valence-electron chi connectivity index (χ4n) is 3.16. The number of methoxy groups -OCH3 is 1. The van der Waals surface area contributed by atoms with Gasteiger partial charge < -0.3 is 19.3 Å². The number of hydrogen-bond acceptors (Lipinski definition) is 7. The van der Waals surface area contributed by atoms with Crippen molar-refractivity contribution in [2.75, 3.05) is 13.9 Å². The highest BCUT2D eigenvalue weighted by Crippen LogP contribution is 2.38. The van der Waals surface area contributed by atoms with E-state index in [2.05, 4.69) is 4.98 Å². The first-order chi connectivity index (χ1) is 13.1.